The zero-order chi connectivity index (χ0) is 30.3. The predicted molar refractivity (Wildman–Crippen MR) is 167 cm³/mol. The lowest BCUT2D eigenvalue weighted by molar-refractivity contribution is -0.122. The molecule has 0 spiro atoms. The number of halogens is 1. The van der Waals surface area contributed by atoms with Gasteiger partial charge in [0.1, 0.15) is 11.4 Å². The molecule has 1 N–H and O–H groups in total. The van der Waals surface area contributed by atoms with E-state index in [1.165, 1.54) is 56.2 Å². The van der Waals surface area contributed by atoms with Gasteiger partial charge in [0.25, 0.3) is 11.8 Å². The Bertz CT molecular complexity index is 1570. The number of rotatable bonds is 5. The van der Waals surface area contributed by atoms with E-state index in [0.29, 0.717) is 5.69 Å². The molecule has 2 heterocycles. The maximum Gasteiger partial charge on any atom is 0.335 e. The number of anilines is 2. The van der Waals surface area contributed by atoms with E-state index >= 15 is 4.39 Å². The van der Waals surface area contributed by atoms with Gasteiger partial charge in [0.05, 0.1) is 11.2 Å². The topological polar surface area (TPSA) is 69.7 Å². The first-order valence-electron chi connectivity index (χ1n) is 15.8. The zero-order valence-electron chi connectivity index (χ0n) is 25.5. The summed E-state index contributed by atoms with van der Waals surface area (Å²) in [5.74, 6) is 0.321. The van der Waals surface area contributed by atoms with E-state index in [1.807, 2.05) is 19.1 Å². The third-order valence-electron chi connectivity index (χ3n) is 10.7. The smallest absolute Gasteiger partial charge is 0.335 e. The third-order valence-corrected chi connectivity index (χ3v) is 10.7. The molecule has 224 valence electrons. The maximum atomic E-state index is 15.6. The summed E-state index contributed by atoms with van der Waals surface area (Å²) < 4.78 is 15.6. The van der Waals surface area contributed by atoms with Crippen LogP contribution >= 0.6 is 0 Å². The van der Waals surface area contributed by atoms with Gasteiger partial charge in [-0.05, 0) is 130 Å². The normalized spacial score (nSPS) is 30.1. The fraction of sp³-hybridized carbons (Fsp3) is 0.472. The van der Waals surface area contributed by atoms with Crippen molar-refractivity contribution >= 4 is 40.9 Å². The van der Waals surface area contributed by atoms with Gasteiger partial charge in [-0.2, -0.15) is 0 Å². The summed E-state index contributed by atoms with van der Waals surface area (Å²) in [6, 6.07) is 10.1. The molecule has 5 fully saturated rings. The lowest BCUT2D eigenvalue weighted by atomic mass is 9.48. The Morgan fingerprint density at radius 1 is 0.977 bits per heavy atom. The van der Waals surface area contributed by atoms with Crippen molar-refractivity contribution in [2.75, 3.05) is 16.3 Å². The van der Waals surface area contributed by atoms with Gasteiger partial charge in [0.2, 0.25) is 0 Å². The van der Waals surface area contributed by atoms with Gasteiger partial charge in [0, 0.05) is 23.4 Å². The summed E-state index contributed by atoms with van der Waals surface area (Å²) in [6.07, 6.45) is 12.1. The molecule has 2 aliphatic heterocycles. The highest BCUT2D eigenvalue weighted by atomic mass is 19.1. The van der Waals surface area contributed by atoms with Crippen molar-refractivity contribution in [3.05, 3.63) is 70.6 Å². The van der Waals surface area contributed by atoms with Crippen LogP contribution in [0.2, 0.25) is 0 Å². The van der Waals surface area contributed by atoms with Gasteiger partial charge in [-0.15, -0.1) is 0 Å². The molecule has 4 aliphatic carbocycles. The Morgan fingerprint density at radius 2 is 1.60 bits per heavy atom. The highest BCUT2D eigenvalue weighted by molar-refractivity contribution is 6.39. The van der Waals surface area contributed by atoms with E-state index in [-0.39, 0.29) is 22.1 Å². The average molecular weight is 582 g/mol. The van der Waals surface area contributed by atoms with Crippen molar-refractivity contribution in [3.63, 3.8) is 0 Å². The molecule has 8 rings (SSSR count). The summed E-state index contributed by atoms with van der Waals surface area (Å²) >= 11 is 0. The van der Waals surface area contributed by atoms with Gasteiger partial charge in [-0.25, -0.2) is 14.1 Å². The Kier molecular flexibility index (Phi) is 6.46. The second kappa shape index (κ2) is 9.90. The summed E-state index contributed by atoms with van der Waals surface area (Å²) in [7, 11) is 0. The standard InChI is InChI=1S/C36H40FN3O3/c1-5-10-39-31-16-30(37)25(14-28(31)21(2)17-35(39,3)4)15-29-32(41)38-34(43)40(33(29)42)27-8-6-26(7-9-27)36-18-22-11-23(19-36)13-24(12-22)20-36/h6-9,14-17,22-24H,5,10-13,18-20H2,1-4H3,(H,38,41,43)/b29-15-. The highest BCUT2D eigenvalue weighted by Crippen LogP contribution is 2.60. The van der Waals surface area contributed by atoms with Crippen molar-refractivity contribution in [2.45, 2.75) is 83.6 Å². The number of imide groups is 2. The fourth-order valence-corrected chi connectivity index (χ4v) is 9.33. The number of hydrogen-bond donors (Lipinski definition) is 1. The lowest BCUT2D eigenvalue weighted by Crippen LogP contribution is -2.54. The van der Waals surface area contributed by atoms with Gasteiger partial charge < -0.3 is 4.90 Å². The van der Waals surface area contributed by atoms with Crippen LogP contribution in [-0.2, 0) is 15.0 Å². The second-order valence-corrected chi connectivity index (χ2v) is 14.2. The summed E-state index contributed by atoms with van der Waals surface area (Å²) in [5.41, 5.74) is 4.12. The van der Waals surface area contributed by atoms with Crippen LogP contribution < -0.4 is 15.1 Å². The van der Waals surface area contributed by atoms with E-state index in [0.717, 1.165) is 52.4 Å². The molecule has 4 saturated carbocycles. The molecule has 4 amide bonds. The average Bonchev–Trinajstić information content (AvgIpc) is 2.93. The highest BCUT2D eigenvalue weighted by Gasteiger charge is 2.51. The molecule has 43 heavy (non-hydrogen) atoms. The summed E-state index contributed by atoms with van der Waals surface area (Å²) in [4.78, 5) is 42.7. The Labute approximate surface area is 253 Å². The van der Waals surface area contributed by atoms with E-state index in [1.54, 1.807) is 6.07 Å². The molecule has 2 aromatic carbocycles. The van der Waals surface area contributed by atoms with Crippen LogP contribution in [0.3, 0.4) is 0 Å². The van der Waals surface area contributed by atoms with E-state index in [9.17, 15) is 14.4 Å². The molecule has 0 atom stereocenters. The SMILES string of the molecule is CCCN1c2cc(F)c(/C=C3/C(=O)NC(=O)N(c4ccc(C56CC7CC(CC(C7)C5)C6)cc4)C3=O)cc2C(C)=CC1(C)C. The molecule has 6 nitrogen and oxygen atoms in total. The second-order valence-electron chi connectivity index (χ2n) is 14.2. The first-order chi connectivity index (χ1) is 20.5. The minimum Gasteiger partial charge on any atom is -0.362 e. The largest absolute Gasteiger partial charge is 0.362 e. The molecule has 4 bridgehead atoms. The number of benzene rings is 2. The first kappa shape index (κ1) is 28.1. The number of allylic oxidation sites excluding steroid dienone is 1. The zero-order valence-corrected chi connectivity index (χ0v) is 25.5. The van der Waals surface area contributed by atoms with Crippen LogP contribution in [-0.4, -0.2) is 29.9 Å². The summed E-state index contributed by atoms with van der Waals surface area (Å²) in [5, 5.41) is 2.29. The van der Waals surface area contributed by atoms with Crippen molar-refractivity contribution in [1.29, 1.82) is 0 Å². The number of nitrogens with zero attached hydrogens (tertiary/aromatic N) is 2. The quantitative estimate of drug-likeness (QED) is 0.296. The number of nitrogens with one attached hydrogen (secondary N) is 1. The van der Waals surface area contributed by atoms with Crippen LogP contribution in [0.5, 0.6) is 0 Å². The Balaban J connectivity index is 1.20. The number of carbonyl (C=O) groups is 3. The summed E-state index contributed by atoms with van der Waals surface area (Å²) in [6.45, 7) is 9.06. The van der Waals surface area contributed by atoms with E-state index in [4.69, 9.17) is 0 Å². The maximum absolute atomic E-state index is 15.6. The van der Waals surface area contributed by atoms with E-state index < -0.39 is 23.7 Å². The molecule has 2 aromatic rings. The molecule has 0 radical (unpaired) electrons. The number of urea groups is 1. The monoisotopic (exact) mass is 581 g/mol. The molecule has 0 unspecified atom stereocenters. The number of hydrogen-bond acceptors (Lipinski definition) is 4. The van der Waals surface area contributed by atoms with Gasteiger partial charge >= 0.3 is 6.03 Å². The Morgan fingerprint density at radius 3 is 2.21 bits per heavy atom. The van der Waals surface area contributed by atoms with Crippen LogP contribution in [0.1, 0.15) is 89.3 Å². The number of fused-ring (bicyclic) bond motifs is 1. The number of carbonyl (C=O) groups excluding carboxylic acids is 3. The van der Waals surface area contributed by atoms with Crippen molar-refractivity contribution < 1.29 is 18.8 Å². The molecule has 7 heteroatoms. The van der Waals surface area contributed by atoms with Crippen LogP contribution in [0, 0.1) is 23.6 Å². The van der Waals surface area contributed by atoms with Crippen LogP contribution in [0.15, 0.2) is 48.0 Å². The van der Waals surface area contributed by atoms with Gasteiger partial charge in [-0.3, -0.25) is 14.9 Å². The van der Waals surface area contributed by atoms with E-state index in [2.05, 4.69) is 49.2 Å². The predicted octanol–water partition coefficient (Wildman–Crippen LogP) is 7.37. The molecular weight excluding hydrogens is 541 g/mol. The van der Waals surface area contributed by atoms with Gasteiger partial charge in [0.15, 0.2) is 0 Å². The molecule has 0 aromatic heterocycles. The van der Waals surface area contributed by atoms with Crippen LogP contribution in [0.4, 0.5) is 20.6 Å². The van der Waals surface area contributed by atoms with Crippen molar-refractivity contribution in [2.24, 2.45) is 17.8 Å². The lowest BCUT2D eigenvalue weighted by Gasteiger charge is -2.57. The minimum absolute atomic E-state index is 0.132. The van der Waals surface area contributed by atoms with Crippen LogP contribution in [0.25, 0.3) is 11.6 Å². The fourth-order valence-electron chi connectivity index (χ4n) is 9.33. The first-order valence-corrected chi connectivity index (χ1v) is 15.8. The molecular formula is C36H40FN3O3. The minimum atomic E-state index is -0.824. The molecule has 6 aliphatic rings. The number of amides is 4. The van der Waals surface area contributed by atoms with Crippen molar-refractivity contribution in [3.8, 4) is 0 Å². The number of barbiturate groups is 1. The molecule has 1 saturated heterocycles. The Hall–Kier alpha value is -3.74. The van der Waals surface area contributed by atoms with Gasteiger partial charge in [-0.1, -0.05) is 25.1 Å². The third kappa shape index (κ3) is 4.54. The van der Waals surface area contributed by atoms with Crippen molar-refractivity contribution in [1.82, 2.24) is 5.32 Å².